The van der Waals surface area contributed by atoms with Crippen molar-refractivity contribution in [2.24, 2.45) is 0 Å². The molecule has 0 atom stereocenters. The Labute approximate surface area is 110 Å². The van der Waals surface area contributed by atoms with Crippen molar-refractivity contribution in [3.05, 3.63) is 33.5 Å². The number of carbonyl (C=O) groups is 1. The molecule has 92 valence electrons. The topological polar surface area (TPSA) is 40.9 Å². The Bertz CT molecular complexity index is 426. The van der Waals surface area contributed by atoms with Gasteiger partial charge in [0.1, 0.15) is 5.82 Å². The van der Waals surface area contributed by atoms with Gasteiger partial charge in [0.15, 0.2) is 6.29 Å². The highest BCUT2D eigenvalue weighted by atomic mass is 79.9. The predicted octanol–water partition coefficient (Wildman–Crippen LogP) is 4.23. The molecule has 0 aromatic heterocycles. The normalized spacial score (nSPS) is 9.94. The zero-order valence-corrected chi connectivity index (χ0v) is 11.9. The van der Waals surface area contributed by atoms with Crippen LogP contribution in [0.1, 0.15) is 43.6 Å². The van der Waals surface area contributed by atoms with Gasteiger partial charge in [-0.2, -0.15) is 5.26 Å². The highest BCUT2D eigenvalue weighted by Crippen LogP contribution is 2.28. The van der Waals surface area contributed by atoms with Crippen molar-refractivity contribution in [3.63, 3.8) is 0 Å². The molecule has 0 saturated carbocycles. The van der Waals surface area contributed by atoms with Crippen LogP contribution in [0.2, 0.25) is 0 Å². The second-order valence-corrected chi connectivity index (χ2v) is 4.56. The summed E-state index contributed by atoms with van der Waals surface area (Å²) >= 11 is 3.10. The van der Waals surface area contributed by atoms with E-state index in [-0.39, 0.29) is 5.56 Å². The van der Waals surface area contributed by atoms with Crippen molar-refractivity contribution in [3.8, 4) is 6.07 Å². The number of benzene rings is 1. The molecule has 0 unspecified atom stereocenters. The summed E-state index contributed by atoms with van der Waals surface area (Å²) in [6.45, 7) is 7.38. The van der Waals surface area contributed by atoms with Gasteiger partial charge in [0.2, 0.25) is 0 Å². The van der Waals surface area contributed by atoms with Gasteiger partial charge >= 0.3 is 0 Å². The monoisotopic (exact) mass is 299 g/mol. The van der Waals surface area contributed by atoms with E-state index < -0.39 is 11.2 Å². The van der Waals surface area contributed by atoms with Crippen molar-refractivity contribution in [1.29, 1.82) is 5.26 Å². The smallest absolute Gasteiger partial charge is 0.154 e. The molecule has 0 saturated heterocycles. The first-order valence-corrected chi connectivity index (χ1v) is 6.07. The molecule has 17 heavy (non-hydrogen) atoms. The quantitative estimate of drug-likeness (QED) is 0.767. The molecule has 1 aromatic rings. The molecule has 0 heterocycles. The second-order valence-electron chi connectivity index (χ2n) is 3.71. The first-order chi connectivity index (χ1) is 7.92. The van der Waals surface area contributed by atoms with Crippen LogP contribution in [0.15, 0.2) is 16.6 Å². The summed E-state index contributed by atoms with van der Waals surface area (Å²) in [5, 5.41) is 8.90. The predicted molar refractivity (Wildman–Crippen MR) is 69.5 cm³/mol. The fraction of sp³-hybridized carbons (Fsp3) is 0.385. The first kappa shape index (κ1) is 15.8. The molecule has 0 fully saturated rings. The van der Waals surface area contributed by atoms with E-state index in [0.717, 1.165) is 0 Å². The third-order valence-corrected chi connectivity index (χ3v) is 2.85. The summed E-state index contributed by atoms with van der Waals surface area (Å²) in [4.78, 5) is 10.5. The molecule has 0 N–H and O–H groups in total. The maximum atomic E-state index is 13.4. The molecule has 0 radical (unpaired) electrons. The summed E-state index contributed by atoms with van der Waals surface area (Å²) in [7, 11) is 0. The molecule has 0 amide bonds. The van der Waals surface area contributed by atoms with Gasteiger partial charge in [-0.3, -0.25) is 4.79 Å². The van der Waals surface area contributed by atoms with Gasteiger partial charge in [-0.15, -0.1) is 0 Å². The molecule has 0 aliphatic carbocycles. The van der Waals surface area contributed by atoms with Crippen molar-refractivity contribution < 1.29 is 9.18 Å². The van der Waals surface area contributed by atoms with E-state index in [1.54, 1.807) is 19.9 Å². The van der Waals surface area contributed by atoms with E-state index in [9.17, 15) is 9.18 Å². The van der Waals surface area contributed by atoms with Crippen molar-refractivity contribution in [2.75, 3.05) is 0 Å². The number of hydrogen-bond donors (Lipinski definition) is 0. The molecule has 4 heteroatoms. The number of nitriles is 1. The molecule has 0 spiro atoms. The third kappa shape index (κ3) is 3.64. The molecule has 0 bridgehead atoms. The Hall–Kier alpha value is -1.21. The van der Waals surface area contributed by atoms with Gasteiger partial charge < -0.3 is 0 Å². The maximum absolute atomic E-state index is 13.4. The highest BCUT2D eigenvalue weighted by molar-refractivity contribution is 9.10. The Morgan fingerprint density at radius 3 is 2.29 bits per heavy atom. The Kier molecular flexibility index (Phi) is 6.04. The number of halogens is 2. The van der Waals surface area contributed by atoms with Crippen LogP contribution in [0.3, 0.4) is 0 Å². The summed E-state index contributed by atoms with van der Waals surface area (Å²) in [5.74, 6) is -0.613. The van der Waals surface area contributed by atoms with Gasteiger partial charge in [-0.05, 0) is 47.5 Å². The summed E-state index contributed by atoms with van der Waals surface area (Å²) in [5.41, 5.74) is -0.252. The molecule has 1 aromatic carbocycles. The molecular formula is C13H15BrFNO. The number of carbonyl (C=O) groups excluding carboxylic acids is 1. The lowest BCUT2D eigenvalue weighted by atomic mass is 9.86. The molecule has 0 aliphatic heterocycles. The van der Waals surface area contributed by atoms with Gasteiger partial charge in [0.25, 0.3) is 0 Å². The molecule has 2 nitrogen and oxygen atoms in total. The van der Waals surface area contributed by atoms with Gasteiger partial charge in [0, 0.05) is 4.47 Å². The lowest BCUT2D eigenvalue weighted by Crippen LogP contribution is -2.14. The Balaban J connectivity index is 0.00000121. The average Bonchev–Trinajstić information content (AvgIpc) is 2.31. The lowest BCUT2D eigenvalue weighted by molar-refractivity contribution is 0.111. The SMILES string of the molecule is CC.CC(C)(C#N)c1cc(F)c(C=O)c(Br)c1. The van der Waals surface area contributed by atoms with Crippen molar-refractivity contribution in [2.45, 2.75) is 33.1 Å². The third-order valence-electron chi connectivity index (χ3n) is 2.20. The molecular weight excluding hydrogens is 285 g/mol. The zero-order valence-electron chi connectivity index (χ0n) is 10.3. The lowest BCUT2D eigenvalue weighted by Gasteiger charge is -2.16. The average molecular weight is 300 g/mol. The van der Waals surface area contributed by atoms with E-state index in [1.165, 1.54) is 6.07 Å². The van der Waals surface area contributed by atoms with E-state index >= 15 is 0 Å². The zero-order chi connectivity index (χ0) is 13.6. The molecule has 1 rings (SSSR count). The van der Waals surface area contributed by atoms with Gasteiger partial charge in [-0.1, -0.05) is 13.8 Å². The summed E-state index contributed by atoms with van der Waals surface area (Å²) < 4.78 is 13.8. The van der Waals surface area contributed by atoms with Crippen LogP contribution >= 0.6 is 15.9 Å². The van der Waals surface area contributed by atoms with Gasteiger partial charge in [0.05, 0.1) is 17.0 Å². The van der Waals surface area contributed by atoms with E-state index in [0.29, 0.717) is 16.3 Å². The van der Waals surface area contributed by atoms with Crippen LogP contribution < -0.4 is 0 Å². The number of hydrogen-bond acceptors (Lipinski definition) is 2. The minimum atomic E-state index is -0.773. The fourth-order valence-electron chi connectivity index (χ4n) is 1.12. The fourth-order valence-corrected chi connectivity index (χ4v) is 1.65. The van der Waals surface area contributed by atoms with E-state index in [4.69, 9.17) is 5.26 Å². The van der Waals surface area contributed by atoms with Crippen LogP contribution in [0.5, 0.6) is 0 Å². The standard InChI is InChI=1S/C11H9BrFNO.C2H6/c1-11(2,6-14)7-3-9(12)8(5-15)10(13)4-7;1-2/h3-5H,1-2H3;1-2H3. The van der Waals surface area contributed by atoms with Crippen LogP contribution in [0.4, 0.5) is 4.39 Å². The van der Waals surface area contributed by atoms with Crippen molar-refractivity contribution >= 4 is 22.2 Å². The van der Waals surface area contributed by atoms with E-state index in [1.807, 2.05) is 13.8 Å². The van der Waals surface area contributed by atoms with E-state index in [2.05, 4.69) is 22.0 Å². The number of rotatable bonds is 2. The Morgan fingerprint density at radius 2 is 1.94 bits per heavy atom. The number of aldehydes is 1. The van der Waals surface area contributed by atoms with Crippen molar-refractivity contribution in [1.82, 2.24) is 0 Å². The minimum absolute atomic E-state index is 0.0208. The first-order valence-electron chi connectivity index (χ1n) is 5.28. The van der Waals surface area contributed by atoms with Gasteiger partial charge in [-0.25, -0.2) is 4.39 Å². The van der Waals surface area contributed by atoms with Crippen LogP contribution in [0.25, 0.3) is 0 Å². The summed E-state index contributed by atoms with van der Waals surface area (Å²) in [6, 6.07) is 4.89. The highest BCUT2D eigenvalue weighted by Gasteiger charge is 2.22. The Morgan fingerprint density at radius 1 is 1.41 bits per heavy atom. The maximum Gasteiger partial charge on any atom is 0.154 e. The second kappa shape index (κ2) is 6.51. The van der Waals surface area contributed by atoms with Crippen LogP contribution in [-0.4, -0.2) is 6.29 Å². The van der Waals surface area contributed by atoms with Crippen LogP contribution in [0, 0.1) is 17.1 Å². The van der Waals surface area contributed by atoms with Crippen LogP contribution in [-0.2, 0) is 5.41 Å². The minimum Gasteiger partial charge on any atom is -0.298 e. The number of nitrogens with zero attached hydrogens (tertiary/aromatic N) is 1. The largest absolute Gasteiger partial charge is 0.298 e. The molecule has 0 aliphatic rings. The summed E-state index contributed by atoms with van der Waals surface area (Å²) in [6.07, 6.45) is 0.447.